The van der Waals surface area contributed by atoms with E-state index in [1.54, 1.807) is 11.8 Å². The zero-order valence-electron chi connectivity index (χ0n) is 10.5. The number of hydrogen-bond acceptors (Lipinski definition) is 6. The summed E-state index contributed by atoms with van der Waals surface area (Å²) in [5.74, 6) is 0.813. The van der Waals surface area contributed by atoms with Crippen LogP contribution in [0.1, 0.15) is 12.8 Å². The molecular formula is C11H16N4OS2. The minimum Gasteiger partial charge on any atom is -0.299 e. The highest BCUT2D eigenvalue weighted by molar-refractivity contribution is 8.01. The molecular weight excluding hydrogens is 268 g/mol. The molecule has 1 amide bonds. The van der Waals surface area contributed by atoms with E-state index in [0.29, 0.717) is 5.13 Å². The highest BCUT2D eigenvalue weighted by atomic mass is 32.2. The van der Waals surface area contributed by atoms with Gasteiger partial charge in [-0.15, -0.1) is 16.8 Å². The van der Waals surface area contributed by atoms with Crippen LogP contribution in [0.25, 0.3) is 0 Å². The molecule has 1 aromatic rings. The highest BCUT2D eigenvalue weighted by Crippen LogP contribution is 2.41. The summed E-state index contributed by atoms with van der Waals surface area (Å²) < 4.78 is 0.847. The Kier molecular flexibility index (Phi) is 4.04. The second kappa shape index (κ2) is 5.38. The molecule has 1 heterocycles. The molecule has 1 aromatic heterocycles. The molecule has 0 bridgehead atoms. The third kappa shape index (κ3) is 2.73. The van der Waals surface area contributed by atoms with Gasteiger partial charge in [-0.1, -0.05) is 29.2 Å². The number of thioether (sulfide) groups is 1. The number of nitrogens with zero attached hydrogens (tertiary/aromatic N) is 3. The van der Waals surface area contributed by atoms with Crippen LogP contribution in [0.4, 0.5) is 5.13 Å². The van der Waals surface area contributed by atoms with Crippen LogP contribution in [0, 0.1) is 0 Å². The van der Waals surface area contributed by atoms with Crippen molar-refractivity contribution in [1.82, 2.24) is 15.1 Å². The van der Waals surface area contributed by atoms with E-state index in [-0.39, 0.29) is 11.4 Å². The Hall–Kier alpha value is -0.920. The van der Waals surface area contributed by atoms with Crippen LogP contribution in [0.15, 0.2) is 17.0 Å². The molecule has 1 aliphatic carbocycles. The fraction of sp³-hybridized carbons (Fsp3) is 0.545. The minimum atomic E-state index is -0.333. The molecule has 2 rings (SSSR count). The molecule has 98 valence electrons. The Morgan fingerprint density at radius 1 is 1.61 bits per heavy atom. The lowest BCUT2D eigenvalue weighted by atomic mass is 10.2. The van der Waals surface area contributed by atoms with Crippen molar-refractivity contribution in [2.45, 2.75) is 22.7 Å². The molecule has 1 N–H and O–H groups in total. The fourth-order valence-electron chi connectivity index (χ4n) is 1.66. The van der Waals surface area contributed by atoms with Crippen molar-refractivity contribution < 1.29 is 4.79 Å². The normalized spacial score (nSPS) is 16.6. The van der Waals surface area contributed by atoms with Crippen molar-refractivity contribution >= 4 is 34.1 Å². The lowest BCUT2D eigenvalue weighted by Gasteiger charge is -2.21. The van der Waals surface area contributed by atoms with Gasteiger partial charge in [0.25, 0.3) is 0 Å². The Labute approximate surface area is 115 Å². The number of anilines is 1. The van der Waals surface area contributed by atoms with Crippen LogP contribution in [-0.2, 0) is 4.79 Å². The van der Waals surface area contributed by atoms with E-state index in [1.165, 1.54) is 11.3 Å². The van der Waals surface area contributed by atoms with Crippen molar-refractivity contribution in [2.24, 2.45) is 0 Å². The van der Waals surface area contributed by atoms with Gasteiger partial charge in [-0.25, -0.2) is 0 Å². The lowest BCUT2D eigenvalue weighted by molar-refractivity contribution is -0.121. The van der Waals surface area contributed by atoms with Gasteiger partial charge in [-0.3, -0.25) is 15.0 Å². The summed E-state index contributed by atoms with van der Waals surface area (Å²) in [5.41, 5.74) is -0.333. The molecule has 1 fully saturated rings. The number of rotatable bonds is 6. The van der Waals surface area contributed by atoms with Gasteiger partial charge in [-0.05, 0) is 26.9 Å². The van der Waals surface area contributed by atoms with Crippen molar-refractivity contribution in [3.8, 4) is 0 Å². The summed E-state index contributed by atoms with van der Waals surface area (Å²) >= 11 is 2.96. The molecule has 7 heteroatoms. The Bertz CT molecular complexity index is 454. The van der Waals surface area contributed by atoms with Crippen molar-refractivity contribution in [1.29, 1.82) is 0 Å². The summed E-state index contributed by atoms with van der Waals surface area (Å²) in [7, 11) is 3.86. The van der Waals surface area contributed by atoms with Crippen LogP contribution in [0.5, 0.6) is 0 Å². The molecule has 0 radical (unpaired) electrons. The Morgan fingerprint density at radius 3 is 2.89 bits per heavy atom. The third-order valence-electron chi connectivity index (χ3n) is 2.95. The van der Waals surface area contributed by atoms with Crippen LogP contribution in [0.2, 0.25) is 0 Å². The Balaban J connectivity index is 1.95. The van der Waals surface area contributed by atoms with E-state index < -0.39 is 0 Å². The van der Waals surface area contributed by atoms with Gasteiger partial charge >= 0.3 is 0 Å². The first-order chi connectivity index (χ1) is 8.58. The first-order valence-electron chi connectivity index (χ1n) is 5.64. The fourth-order valence-corrected chi connectivity index (χ4v) is 3.17. The summed E-state index contributed by atoms with van der Waals surface area (Å²) in [6, 6.07) is 0. The van der Waals surface area contributed by atoms with E-state index in [9.17, 15) is 4.79 Å². The average Bonchev–Trinajstić information content (AvgIpc) is 3.04. The molecule has 0 atom stereocenters. The maximum absolute atomic E-state index is 12.1. The summed E-state index contributed by atoms with van der Waals surface area (Å²) in [6.07, 6.45) is 3.63. The van der Waals surface area contributed by atoms with Crippen LogP contribution in [0.3, 0.4) is 0 Å². The van der Waals surface area contributed by atoms with Gasteiger partial charge in [-0.2, -0.15) is 0 Å². The van der Waals surface area contributed by atoms with Crippen molar-refractivity contribution in [3.63, 3.8) is 0 Å². The first kappa shape index (κ1) is 13.5. The number of amides is 1. The van der Waals surface area contributed by atoms with E-state index in [2.05, 4.69) is 22.1 Å². The van der Waals surface area contributed by atoms with E-state index in [0.717, 1.165) is 22.9 Å². The van der Waals surface area contributed by atoms with Crippen LogP contribution in [-0.4, -0.2) is 46.4 Å². The van der Waals surface area contributed by atoms with Gasteiger partial charge in [0.15, 0.2) is 4.34 Å². The van der Waals surface area contributed by atoms with E-state index in [1.807, 2.05) is 25.1 Å². The standard InChI is InChI=1S/C11H16N4OS2/c1-4-7-17-10-14-13-9(18-10)12-8(16)11(5-6-11)15(2)3/h4H,1,5-7H2,2-3H3,(H,12,13,16). The Morgan fingerprint density at radius 2 is 2.33 bits per heavy atom. The highest BCUT2D eigenvalue weighted by Gasteiger charge is 2.52. The molecule has 0 aliphatic heterocycles. The van der Waals surface area contributed by atoms with Crippen molar-refractivity contribution in [2.75, 3.05) is 25.2 Å². The van der Waals surface area contributed by atoms with Gasteiger partial charge < -0.3 is 0 Å². The van der Waals surface area contributed by atoms with Crippen molar-refractivity contribution in [3.05, 3.63) is 12.7 Å². The molecule has 0 saturated heterocycles. The monoisotopic (exact) mass is 284 g/mol. The number of carbonyl (C=O) groups excluding carboxylic acids is 1. The third-order valence-corrected chi connectivity index (χ3v) is 4.92. The number of likely N-dealkylation sites (N-methyl/N-ethyl adjacent to an activating group) is 1. The number of aromatic nitrogens is 2. The quantitative estimate of drug-likeness (QED) is 0.491. The molecule has 5 nitrogen and oxygen atoms in total. The largest absolute Gasteiger partial charge is 0.299 e. The topological polar surface area (TPSA) is 58.1 Å². The van der Waals surface area contributed by atoms with Gasteiger partial charge in [0.05, 0.1) is 0 Å². The first-order valence-corrected chi connectivity index (χ1v) is 7.45. The predicted molar refractivity (Wildman–Crippen MR) is 75.1 cm³/mol. The smallest absolute Gasteiger partial charge is 0.246 e. The summed E-state index contributed by atoms with van der Waals surface area (Å²) in [6.45, 7) is 3.65. The summed E-state index contributed by atoms with van der Waals surface area (Å²) in [5, 5.41) is 11.4. The average molecular weight is 284 g/mol. The summed E-state index contributed by atoms with van der Waals surface area (Å²) in [4.78, 5) is 14.1. The lowest BCUT2D eigenvalue weighted by Crippen LogP contribution is -2.42. The van der Waals surface area contributed by atoms with Gasteiger partial charge in [0.2, 0.25) is 11.0 Å². The zero-order valence-corrected chi connectivity index (χ0v) is 12.1. The van der Waals surface area contributed by atoms with E-state index >= 15 is 0 Å². The molecule has 0 spiro atoms. The maximum Gasteiger partial charge on any atom is 0.246 e. The SMILES string of the molecule is C=CCSc1nnc(NC(=O)C2(N(C)C)CC2)s1. The van der Waals surface area contributed by atoms with E-state index in [4.69, 9.17) is 0 Å². The molecule has 1 aliphatic rings. The number of hydrogen-bond donors (Lipinski definition) is 1. The van der Waals surface area contributed by atoms with Gasteiger partial charge in [0.1, 0.15) is 5.54 Å². The predicted octanol–water partition coefficient (Wildman–Crippen LogP) is 1.85. The van der Waals surface area contributed by atoms with Crippen LogP contribution < -0.4 is 5.32 Å². The maximum atomic E-state index is 12.1. The second-order valence-corrected chi connectivity index (χ2v) is 6.60. The second-order valence-electron chi connectivity index (χ2n) is 4.35. The molecule has 0 aromatic carbocycles. The minimum absolute atomic E-state index is 0.0175. The molecule has 0 unspecified atom stereocenters. The molecule has 1 saturated carbocycles. The number of carbonyl (C=O) groups is 1. The molecule has 18 heavy (non-hydrogen) atoms. The number of nitrogens with one attached hydrogen (secondary N) is 1. The van der Waals surface area contributed by atoms with Crippen LogP contribution >= 0.6 is 23.1 Å². The zero-order chi connectivity index (χ0) is 13.2. The van der Waals surface area contributed by atoms with Gasteiger partial charge in [0, 0.05) is 5.75 Å².